The third-order valence-electron chi connectivity index (χ3n) is 3.23. The van der Waals surface area contributed by atoms with Crippen LogP contribution in [0.3, 0.4) is 0 Å². The Bertz CT molecular complexity index is 314. The van der Waals surface area contributed by atoms with Crippen molar-refractivity contribution < 1.29 is 0 Å². The van der Waals surface area contributed by atoms with Gasteiger partial charge in [-0.1, -0.05) is 17.7 Å². The maximum Gasteiger partial charge on any atom is 0.0364 e. The third-order valence-corrected chi connectivity index (χ3v) is 3.23. The van der Waals surface area contributed by atoms with E-state index in [9.17, 15) is 0 Å². The van der Waals surface area contributed by atoms with Crippen molar-refractivity contribution in [3.63, 3.8) is 0 Å². The summed E-state index contributed by atoms with van der Waals surface area (Å²) in [5, 5.41) is 3.52. The summed E-state index contributed by atoms with van der Waals surface area (Å²) >= 11 is 0. The number of anilines is 1. The first-order chi connectivity index (χ1) is 7.75. The van der Waals surface area contributed by atoms with Gasteiger partial charge in [0.25, 0.3) is 0 Å². The van der Waals surface area contributed by atoms with Crippen molar-refractivity contribution in [3.8, 4) is 0 Å². The molecule has 0 aliphatic heterocycles. The number of hydrogen-bond donors (Lipinski definition) is 1. The maximum absolute atomic E-state index is 3.52. The minimum atomic E-state index is 0.977. The van der Waals surface area contributed by atoms with Gasteiger partial charge in [-0.3, -0.25) is 0 Å². The smallest absolute Gasteiger partial charge is 0.0364 e. The molecule has 1 aliphatic carbocycles. The van der Waals surface area contributed by atoms with Crippen molar-refractivity contribution in [2.75, 3.05) is 31.6 Å². The molecule has 2 heteroatoms. The topological polar surface area (TPSA) is 15.3 Å². The molecule has 0 atom stereocenters. The van der Waals surface area contributed by atoms with Crippen LogP contribution in [0.2, 0.25) is 0 Å². The van der Waals surface area contributed by atoms with Crippen molar-refractivity contribution in [1.82, 2.24) is 5.32 Å². The van der Waals surface area contributed by atoms with Crippen LogP contribution < -0.4 is 10.2 Å². The molecule has 1 aromatic rings. The van der Waals surface area contributed by atoms with Gasteiger partial charge in [-0.25, -0.2) is 0 Å². The van der Waals surface area contributed by atoms with E-state index in [2.05, 4.69) is 48.5 Å². The normalized spacial score (nSPS) is 15.1. The van der Waals surface area contributed by atoms with Gasteiger partial charge in [0, 0.05) is 25.8 Å². The van der Waals surface area contributed by atoms with Crippen molar-refractivity contribution in [1.29, 1.82) is 0 Å². The first-order valence-corrected chi connectivity index (χ1v) is 6.24. The highest BCUT2D eigenvalue weighted by Crippen LogP contribution is 2.27. The largest absolute Gasteiger partial charge is 0.373 e. The van der Waals surface area contributed by atoms with Crippen LogP contribution in [0.5, 0.6) is 0 Å². The molecule has 0 saturated heterocycles. The van der Waals surface area contributed by atoms with Crippen molar-refractivity contribution >= 4 is 5.69 Å². The summed E-state index contributed by atoms with van der Waals surface area (Å²) < 4.78 is 0. The van der Waals surface area contributed by atoms with Gasteiger partial charge in [0.1, 0.15) is 0 Å². The molecule has 16 heavy (non-hydrogen) atoms. The summed E-state index contributed by atoms with van der Waals surface area (Å²) in [7, 11) is 2.16. The van der Waals surface area contributed by atoms with E-state index >= 15 is 0 Å². The predicted molar refractivity (Wildman–Crippen MR) is 70.0 cm³/mol. The molecule has 0 bridgehead atoms. The van der Waals surface area contributed by atoms with Crippen molar-refractivity contribution in [3.05, 3.63) is 29.8 Å². The zero-order valence-electron chi connectivity index (χ0n) is 10.4. The molecule has 0 aromatic heterocycles. The molecule has 0 spiro atoms. The second kappa shape index (κ2) is 5.35. The van der Waals surface area contributed by atoms with Gasteiger partial charge in [-0.15, -0.1) is 0 Å². The number of rotatable bonds is 6. The minimum absolute atomic E-state index is 0.977. The van der Waals surface area contributed by atoms with Crippen LogP contribution in [-0.4, -0.2) is 26.7 Å². The van der Waals surface area contributed by atoms with Gasteiger partial charge in [-0.05, 0) is 44.4 Å². The van der Waals surface area contributed by atoms with Crippen LogP contribution in [0.1, 0.15) is 18.4 Å². The molecule has 2 rings (SSSR count). The zero-order chi connectivity index (χ0) is 11.4. The SMILES string of the molecule is Cc1ccc(N(C)CCNCC2CC2)cc1. The summed E-state index contributed by atoms with van der Waals surface area (Å²) in [6, 6.07) is 8.72. The van der Waals surface area contributed by atoms with Gasteiger partial charge in [0.05, 0.1) is 0 Å². The van der Waals surface area contributed by atoms with Gasteiger partial charge in [0.2, 0.25) is 0 Å². The van der Waals surface area contributed by atoms with E-state index < -0.39 is 0 Å². The highest BCUT2D eigenvalue weighted by atomic mass is 15.1. The Kier molecular flexibility index (Phi) is 3.83. The van der Waals surface area contributed by atoms with Gasteiger partial charge >= 0.3 is 0 Å². The average Bonchev–Trinajstić information content (AvgIpc) is 3.09. The van der Waals surface area contributed by atoms with E-state index in [1.807, 2.05) is 0 Å². The summed E-state index contributed by atoms with van der Waals surface area (Å²) in [5.74, 6) is 0.977. The Morgan fingerprint density at radius 1 is 1.25 bits per heavy atom. The Balaban J connectivity index is 1.69. The molecular formula is C14H22N2. The molecule has 0 radical (unpaired) electrons. The van der Waals surface area contributed by atoms with Crippen LogP contribution in [0, 0.1) is 12.8 Å². The van der Waals surface area contributed by atoms with Crippen LogP contribution in [-0.2, 0) is 0 Å². The first-order valence-electron chi connectivity index (χ1n) is 6.24. The van der Waals surface area contributed by atoms with E-state index in [0.29, 0.717) is 0 Å². The molecule has 1 N–H and O–H groups in total. The van der Waals surface area contributed by atoms with Gasteiger partial charge in [0.15, 0.2) is 0 Å². The van der Waals surface area contributed by atoms with Crippen LogP contribution >= 0.6 is 0 Å². The molecule has 88 valence electrons. The summed E-state index contributed by atoms with van der Waals surface area (Å²) in [4.78, 5) is 2.30. The Hall–Kier alpha value is -1.02. The molecular weight excluding hydrogens is 196 g/mol. The second-order valence-corrected chi connectivity index (χ2v) is 4.90. The summed E-state index contributed by atoms with van der Waals surface area (Å²) in [6.45, 7) is 5.50. The summed E-state index contributed by atoms with van der Waals surface area (Å²) in [5.41, 5.74) is 2.63. The minimum Gasteiger partial charge on any atom is -0.373 e. The van der Waals surface area contributed by atoms with Crippen LogP contribution in [0.15, 0.2) is 24.3 Å². The number of aryl methyl sites for hydroxylation is 1. The third kappa shape index (κ3) is 3.53. The molecule has 0 heterocycles. The number of benzene rings is 1. The molecule has 1 aliphatic rings. The molecule has 0 amide bonds. The summed E-state index contributed by atoms with van der Waals surface area (Å²) in [6.07, 6.45) is 2.86. The van der Waals surface area contributed by atoms with Gasteiger partial charge in [-0.2, -0.15) is 0 Å². The quantitative estimate of drug-likeness (QED) is 0.738. The predicted octanol–water partition coefficient (Wildman–Crippen LogP) is 2.43. The molecule has 1 aromatic carbocycles. The lowest BCUT2D eigenvalue weighted by molar-refractivity contribution is 0.634. The highest BCUT2D eigenvalue weighted by molar-refractivity contribution is 5.46. The van der Waals surface area contributed by atoms with Crippen LogP contribution in [0.4, 0.5) is 5.69 Å². The number of likely N-dealkylation sites (N-methyl/N-ethyl adjacent to an activating group) is 1. The standard InChI is InChI=1S/C14H22N2/c1-12-3-7-14(8-4-12)16(2)10-9-15-11-13-5-6-13/h3-4,7-8,13,15H,5-6,9-11H2,1-2H3. The van der Waals surface area contributed by atoms with Crippen LogP contribution in [0.25, 0.3) is 0 Å². The fourth-order valence-electron chi connectivity index (χ4n) is 1.80. The monoisotopic (exact) mass is 218 g/mol. The van der Waals surface area contributed by atoms with E-state index in [4.69, 9.17) is 0 Å². The first kappa shape index (κ1) is 11.5. The number of hydrogen-bond acceptors (Lipinski definition) is 2. The second-order valence-electron chi connectivity index (χ2n) is 4.90. The number of nitrogens with one attached hydrogen (secondary N) is 1. The zero-order valence-corrected chi connectivity index (χ0v) is 10.4. The van der Waals surface area contributed by atoms with Crippen molar-refractivity contribution in [2.45, 2.75) is 19.8 Å². The van der Waals surface area contributed by atoms with E-state index in [-0.39, 0.29) is 0 Å². The fourth-order valence-corrected chi connectivity index (χ4v) is 1.80. The molecule has 1 saturated carbocycles. The molecule has 0 unspecified atom stereocenters. The Labute approximate surface area is 98.7 Å². The fraction of sp³-hybridized carbons (Fsp3) is 0.571. The van der Waals surface area contributed by atoms with E-state index in [1.165, 1.54) is 30.6 Å². The lowest BCUT2D eigenvalue weighted by Crippen LogP contribution is -2.30. The lowest BCUT2D eigenvalue weighted by Gasteiger charge is -2.19. The maximum atomic E-state index is 3.52. The van der Waals surface area contributed by atoms with E-state index in [0.717, 1.165) is 19.0 Å². The number of nitrogens with zero attached hydrogens (tertiary/aromatic N) is 1. The molecule has 2 nitrogen and oxygen atoms in total. The Morgan fingerprint density at radius 3 is 2.56 bits per heavy atom. The van der Waals surface area contributed by atoms with Crippen molar-refractivity contribution in [2.24, 2.45) is 5.92 Å². The van der Waals surface area contributed by atoms with E-state index in [1.54, 1.807) is 0 Å². The van der Waals surface area contributed by atoms with Gasteiger partial charge < -0.3 is 10.2 Å². The molecule has 1 fully saturated rings. The average molecular weight is 218 g/mol. The Morgan fingerprint density at radius 2 is 1.94 bits per heavy atom. The highest BCUT2D eigenvalue weighted by Gasteiger charge is 2.19. The lowest BCUT2D eigenvalue weighted by atomic mass is 10.2.